The van der Waals surface area contributed by atoms with Gasteiger partial charge in [0.25, 0.3) is 0 Å². The van der Waals surface area contributed by atoms with E-state index in [4.69, 9.17) is 9.05 Å². The number of carbonyl (C=O) groups is 1. The van der Waals surface area contributed by atoms with Crippen LogP contribution < -0.4 is 5.32 Å². The van der Waals surface area contributed by atoms with E-state index in [9.17, 15) is 19.4 Å². The summed E-state index contributed by atoms with van der Waals surface area (Å²) in [7, 11) is 1.56. The Morgan fingerprint density at radius 1 is 0.550 bits per heavy atom. The lowest BCUT2D eigenvalue weighted by atomic mass is 10.0. The molecule has 356 valence electrons. The van der Waals surface area contributed by atoms with Crippen molar-refractivity contribution < 1.29 is 32.9 Å². The van der Waals surface area contributed by atoms with E-state index in [1.807, 2.05) is 27.2 Å². The van der Waals surface area contributed by atoms with Crippen LogP contribution in [0, 0.1) is 0 Å². The largest absolute Gasteiger partial charge is 0.472 e. The molecule has 0 aliphatic rings. The minimum absolute atomic E-state index is 0.0579. The van der Waals surface area contributed by atoms with Gasteiger partial charge in [0.15, 0.2) is 0 Å². The SMILES string of the molecule is CCCCC/C=C/CC/C=C/C(O)C(COP(=O)(O)OCC[N+](C)(C)C)NC(=O)CCCCCCCCCCCCCCCCCCCCCCCCCCCCCCC. The molecule has 0 aromatic carbocycles. The van der Waals surface area contributed by atoms with E-state index in [-0.39, 0.29) is 19.1 Å². The lowest BCUT2D eigenvalue weighted by Crippen LogP contribution is -2.45. The zero-order chi connectivity index (χ0) is 44.3. The monoisotopic (exact) mass is 870 g/mol. The van der Waals surface area contributed by atoms with Crippen LogP contribution in [0.5, 0.6) is 0 Å². The van der Waals surface area contributed by atoms with Gasteiger partial charge >= 0.3 is 7.82 Å². The van der Waals surface area contributed by atoms with Gasteiger partial charge in [0.05, 0.1) is 39.9 Å². The Labute approximate surface area is 373 Å². The Bertz CT molecular complexity index is 1030. The first-order valence-corrected chi connectivity index (χ1v) is 27.2. The Morgan fingerprint density at radius 3 is 1.33 bits per heavy atom. The fourth-order valence-corrected chi connectivity index (χ4v) is 8.32. The Kier molecular flexibility index (Phi) is 42.5. The second-order valence-electron chi connectivity index (χ2n) is 18.9. The molecular weight excluding hydrogens is 768 g/mol. The number of aliphatic hydroxyl groups excluding tert-OH is 1. The maximum atomic E-state index is 12.9. The number of likely N-dealkylation sites (N-methyl/N-ethyl adjacent to an activating group) is 1. The third kappa shape index (κ3) is 45.0. The van der Waals surface area contributed by atoms with E-state index < -0.39 is 20.0 Å². The Hall–Kier alpha value is -1.02. The van der Waals surface area contributed by atoms with Crippen LogP contribution >= 0.6 is 7.82 Å². The second-order valence-corrected chi connectivity index (χ2v) is 20.4. The molecular formula is C51H102N2O6P+. The summed E-state index contributed by atoms with van der Waals surface area (Å²) < 4.78 is 23.5. The number of phosphoric ester groups is 1. The normalized spacial score (nSPS) is 14.3. The number of hydrogen-bond donors (Lipinski definition) is 3. The summed E-state index contributed by atoms with van der Waals surface area (Å²) >= 11 is 0. The number of unbranched alkanes of at least 4 members (excludes halogenated alkanes) is 32. The number of allylic oxidation sites excluding steroid dienone is 3. The van der Waals surface area contributed by atoms with Gasteiger partial charge in [0.2, 0.25) is 5.91 Å². The summed E-state index contributed by atoms with van der Waals surface area (Å²) in [6, 6.07) is -0.857. The van der Waals surface area contributed by atoms with E-state index in [2.05, 4.69) is 31.3 Å². The van der Waals surface area contributed by atoms with E-state index >= 15 is 0 Å². The van der Waals surface area contributed by atoms with Gasteiger partial charge in [-0.2, -0.15) is 0 Å². The highest BCUT2D eigenvalue weighted by atomic mass is 31.2. The van der Waals surface area contributed by atoms with Crippen LogP contribution in [0.3, 0.4) is 0 Å². The standard InChI is InChI=1S/C51H101N2O6P/c1-6-8-10-12-14-16-17-18-19-20-21-22-23-24-25-26-27-28-29-30-31-32-33-34-35-37-39-41-43-45-51(55)52-49(48-59-60(56,57)58-47-46-53(3,4)5)50(54)44-42-40-38-36-15-13-11-9-7-2/h15,36,42,44,49-50,54H,6-14,16-35,37-41,43,45-48H2,1-5H3,(H-,52,55,56,57)/p+1/b36-15+,44-42+. The smallest absolute Gasteiger partial charge is 0.387 e. The molecule has 0 aliphatic carbocycles. The van der Waals surface area contributed by atoms with Crippen molar-refractivity contribution in [3.63, 3.8) is 0 Å². The predicted molar refractivity (Wildman–Crippen MR) is 258 cm³/mol. The topological polar surface area (TPSA) is 105 Å². The number of aliphatic hydroxyl groups is 1. The average molecular weight is 870 g/mol. The maximum Gasteiger partial charge on any atom is 0.472 e. The zero-order valence-corrected chi connectivity index (χ0v) is 41.4. The molecule has 0 radical (unpaired) electrons. The Balaban J connectivity index is 3.98. The highest BCUT2D eigenvalue weighted by molar-refractivity contribution is 7.47. The van der Waals surface area contributed by atoms with Crippen LogP contribution in [0.2, 0.25) is 0 Å². The number of phosphoric acid groups is 1. The molecule has 60 heavy (non-hydrogen) atoms. The van der Waals surface area contributed by atoms with Gasteiger partial charge in [-0.25, -0.2) is 4.57 Å². The van der Waals surface area contributed by atoms with Crippen molar-refractivity contribution in [2.75, 3.05) is 40.9 Å². The molecule has 8 nitrogen and oxygen atoms in total. The van der Waals surface area contributed by atoms with Crippen LogP contribution in [-0.2, 0) is 18.4 Å². The van der Waals surface area contributed by atoms with E-state index in [1.54, 1.807) is 6.08 Å². The molecule has 0 bridgehead atoms. The van der Waals surface area contributed by atoms with Crippen molar-refractivity contribution in [1.82, 2.24) is 5.32 Å². The summed E-state index contributed by atoms with van der Waals surface area (Å²) in [5.74, 6) is -0.185. The van der Waals surface area contributed by atoms with Crippen LogP contribution in [0.15, 0.2) is 24.3 Å². The highest BCUT2D eigenvalue weighted by Crippen LogP contribution is 2.43. The molecule has 0 rings (SSSR count). The molecule has 0 aliphatic heterocycles. The molecule has 9 heteroatoms. The van der Waals surface area contributed by atoms with Crippen LogP contribution in [0.4, 0.5) is 0 Å². The zero-order valence-electron chi connectivity index (χ0n) is 40.5. The lowest BCUT2D eigenvalue weighted by Gasteiger charge is -2.25. The molecule has 3 atom stereocenters. The number of nitrogens with zero attached hydrogens (tertiary/aromatic N) is 1. The number of amides is 1. The van der Waals surface area contributed by atoms with Crippen molar-refractivity contribution in [2.24, 2.45) is 0 Å². The molecule has 0 aromatic heterocycles. The summed E-state index contributed by atoms with van der Waals surface area (Å²) in [5, 5.41) is 13.8. The number of rotatable bonds is 47. The van der Waals surface area contributed by atoms with Crippen molar-refractivity contribution in [2.45, 2.75) is 257 Å². The van der Waals surface area contributed by atoms with Gasteiger partial charge in [-0.3, -0.25) is 13.8 Å². The lowest BCUT2D eigenvalue weighted by molar-refractivity contribution is -0.870. The number of hydrogen-bond acceptors (Lipinski definition) is 5. The highest BCUT2D eigenvalue weighted by Gasteiger charge is 2.27. The summed E-state index contributed by atoms with van der Waals surface area (Å²) in [6.45, 7) is 4.76. The molecule has 1 amide bonds. The first kappa shape index (κ1) is 59.0. The summed E-state index contributed by atoms with van der Waals surface area (Å²) in [4.78, 5) is 23.1. The third-order valence-electron chi connectivity index (χ3n) is 11.7. The van der Waals surface area contributed by atoms with Crippen LogP contribution in [0.25, 0.3) is 0 Å². The van der Waals surface area contributed by atoms with Crippen LogP contribution in [0.1, 0.15) is 245 Å². The predicted octanol–water partition coefficient (Wildman–Crippen LogP) is 14.9. The first-order valence-electron chi connectivity index (χ1n) is 25.7. The van der Waals surface area contributed by atoms with Crippen molar-refractivity contribution >= 4 is 13.7 Å². The molecule has 3 N–H and O–H groups in total. The Morgan fingerprint density at radius 2 is 0.917 bits per heavy atom. The minimum atomic E-state index is -4.34. The molecule has 0 aromatic rings. The summed E-state index contributed by atoms with van der Waals surface area (Å²) in [6.07, 6.45) is 53.0. The van der Waals surface area contributed by atoms with Gasteiger partial charge in [0, 0.05) is 6.42 Å². The van der Waals surface area contributed by atoms with Gasteiger partial charge in [-0.1, -0.05) is 231 Å². The second kappa shape index (κ2) is 43.2. The minimum Gasteiger partial charge on any atom is -0.387 e. The maximum absolute atomic E-state index is 12.9. The van der Waals surface area contributed by atoms with Crippen molar-refractivity contribution in [1.29, 1.82) is 0 Å². The quantitative estimate of drug-likeness (QED) is 0.0243. The molecule has 3 unspecified atom stereocenters. The van der Waals surface area contributed by atoms with Gasteiger partial charge in [-0.15, -0.1) is 0 Å². The van der Waals surface area contributed by atoms with E-state index in [0.29, 0.717) is 17.4 Å². The van der Waals surface area contributed by atoms with E-state index in [1.165, 1.54) is 186 Å². The van der Waals surface area contributed by atoms with Crippen molar-refractivity contribution in [3.05, 3.63) is 24.3 Å². The number of nitrogens with one attached hydrogen (secondary N) is 1. The van der Waals surface area contributed by atoms with E-state index in [0.717, 1.165) is 38.5 Å². The average Bonchev–Trinajstić information content (AvgIpc) is 3.20. The van der Waals surface area contributed by atoms with Gasteiger partial charge < -0.3 is 19.8 Å². The molecule has 0 heterocycles. The molecule has 0 saturated carbocycles. The van der Waals surface area contributed by atoms with Gasteiger partial charge in [0.1, 0.15) is 13.2 Å². The fourth-order valence-electron chi connectivity index (χ4n) is 7.59. The number of quaternary nitrogens is 1. The van der Waals surface area contributed by atoms with Crippen LogP contribution in [-0.4, -0.2) is 73.4 Å². The first-order chi connectivity index (χ1) is 29.0. The molecule has 0 spiro atoms. The number of carbonyl (C=O) groups excluding carboxylic acids is 1. The fraction of sp³-hybridized carbons (Fsp3) is 0.902. The van der Waals surface area contributed by atoms with Gasteiger partial charge in [-0.05, 0) is 32.1 Å². The van der Waals surface area contributed by atoms with Crippen molar-refractivity contribution in [3.8, 4) is 0 Å². The molecule has 0 saturated heterocycles. The third-order valence-corrected chi connectivity index (χ3v) is 12.7. The molecule has 0 fully saturated rings. The summed E-state index contributed by atoms with van der Waals surface area (Å²) in [5.41, 5.74) is 0.